The van der Waals surface area contributed by atoms with Gasteiger partial charge in [0.2, 0.25) is 0 Å². The first-order valence-corrected chi connectivity index (χ1v) is 5.99. The van der Waals surface area contributed by atoms with Crippen LogP contribution in [0.5, 0.6) is 0 Å². The highest BCUT2D eigenvalue weighted by Crippen LogP contribution is 2.07. The van der Waals surface area contributed by atoms with Crippen molar-refractivity contribution in [2.75, 3.05) is 13.7 Å². The molecule has 2 N–H and O–H groups in total. The van der Waals surface area contributed by atoms with Gasteiger partial charge >= 0.3 is 0 Å². The van der Waals surface area contributed by atoms with Crippen LogP contribution < -0.4 is 5.32 Å². The summed E-state index contributed by atoms with van der Waals surface area (Å²) < 4.78 is 9.76. The quantitative estimate of drug-likeness (QED) is 0.759. The predicted octanol–water partition coefficient (Wildman–Crippen LogP) is 0.958. The number of ether oxygens (including phenoxy) is 1. The van der Waals surface area contributed by atoms with E-state index in [0.29, 0.717) is 5.76 Å². The molecule has 1 amide bonds. The fourth-order valence-corrected chi connectivity index (χ4v) is 1.39. The number of nitrogens with zero attached hydrogens (tertiary/aromatic N) is 1. The third-order valence-electron chi connectivity index (χ3n) is 2.85. The lowest BCUT2D eigenvalue weighted by atomic mass is 10.0. The fraction of sp³-hybridized carbons (Fsp3) is 0.667. The first-order valence-electron chi connectivity index (χ1n) is 5.99. The molecule has 18 heavy (non-hydrogen) atoms. The summed E-state index contributed by atoms with van der Waals surface area (Å²) in [6, 6.07) is 1.52. The van der Waals surface area contributed by atoms with E-state index in [1.54, 1.807) is 0 Å². The summed E-state index contributed by atoms with van der Waals surface area (Å²) in [6.45, 7) is 4.41. The molecule has 0 aliphatic carbocycles. The van der Waals surface area contributed by atoms with E-state index in [-0.39, 0.29) is 30.7 Å². The molecular weight excluding hydrogens is 236 g/mol. The molecule has 6 nitrogen and oxygen atoms in total. The second-order valence-electron chi connectivity index (χ2n) is 4.27. The Kier molecular flexibility index (Phi) is 5.80. The molecule has 0 fully saturated rings. The molecule has 2 atom stereocenters. The van der Waals surface area contributed by atoms with Crippen LogP contribution in [0.2, 0.25) is 0 Å². The van der Waals surface area contributed by atoms with Crippen LogP contribution in [0, 0.1) is 5.92 Å². The number of amides is 1. The molecular formula is C12H20N2O4. The van der Waals surface area contributed by atoms with Crippen LogP contribution in [0.15, 0.2) is 10.6 Å². The Morgan fingerprint density at radius 2 is 2.39 bits per heavy atom. The van der Waals surface area contributed by atoms with E-state index < -0.39 is 6.10 Å². The van der Waals surface area contributed by atoms with Gasteiger partial charge in [-0.05, 0) is 5.92 Å². The van der Waals surface area contributed by atoms with E-state index in [0.717, 1.165) is 6.42 Å². The third-order valence-corrected chi connectivity index (χ3v) is 2.85. The number of hydrogen-bond acceptors (Lipinski definition) is 5. The number of carbonyl (C=O) groups excluding carboxylic acids is 1. The molecule has 0 aromatic carbocycles. The van der Waals surface area contributed by atoms with Gasteiger partial charge in [-0.25, -0.2) is 0 Å². The van der Waals surface area contributed by atoms with E-state index in [1.165, 1.54) is 13.2 Å². The topological polar surface area (TPSA) is 84.6 Å². The summed E-state index contributed by atoms with van der Waals surface area (Å²) in [5.41, 5.74) is 0.193. The van der Waals surface area contributed by atoms with Crippen LogP contribution in [0.3, 0.4) is 0 Å². The van der Waals surface area contributed by atoms with Gasteiger partial charge in [-0.2, -0.15) is 0 Å². The van der Waals surface area contributed by atoms with Crippen molar-refractivity contribution in [1.29, 1.82) is 0 Å². The maximum absolute atomic E-state index is 11.7. The lowest BCUT2D eigenvalue weighted by molar-refractivity contribution is 0.0842. The van der Waals surface area contributed by atoms with Gasteiger partial charge in [0.25, 0.3) is 5.91 Å². The molecule has 0 saturated heterocycles. The summed E-state index contributed by atoms with van der Waals surface area (Å²) in [5, 5.41) is 16.0. The number of nitrogens with one attached hydrogen (secondary N) is 1. The van der Waals surface area contributed by atoms with Gasteiger partial charge in [-0.15, -0.1) is 0 Å². The monoisotopic (exact) mass is 256 g/mol. The standard InChI is InChI=1S/C12H20N2O4/c1-4-8(2)11(15)6-13-12(16)10-5-9(7-17-3)18-14-10/h5,8,11,15H,4,6-7H2,1-3H3,(H,13,16). The molecule has 1 heterocycles. The zero-order valence-electron chi connectivity index (χ0n) is 11.0. The number of carbonyl (C=O) groups is 1. The average molecular weight is 256 g/mol. The molecule has 1 aromatic heterocycles. The molecule has 0 saturated carbocycles. The number of methoxy groups -OCH3 is 1. The highest BCUT2D eigenvalue weighted by Gasteiger charge is 2.16. The zero-order valence-corrected chi connectivity index (χ0v) is 11.0. The Labute approximate surface area is 106 Å². The summed E-state index contributed by atoms with van der Waals surface area (Å²) in [6.07, 6.45) is 0.309. The highest BCUT2D eigenvalue weighted by molar-refractivity contribution is 5.92. The maximum Gasteiger partial charge on any atom is 0.273 e. The van der Waals surface area contributed by atoms with E-state index in [2.05, 4.69) is 10.5 Å². The van der Waals surface area contributed by atoms with Gasteiger partial charge in [0.05, 0.1) is 6.10 Å². The number of aliphatic hydroxyl groups is 1. The summed E-state index contributed by atoms with van der Waals surface area (Å²) in [7, 11) is 1.53. The van der Waals surface area contributed by atoms with Crippen molar-refractivity contribution in [3.05, 3.63) is 17.5 Å². The first-order chi connectivity index (χ1) is 8.58. The SMILES string of the molecule is CCC(C)C(O)CNC(=O)c1cc(COC)on1. The van der Waals surface area contributed by atoms with Crippen molar-refractivity contribution >= 4 is 5.91 Å². The van der Waals surface area contributed by atoms with Gasteiger partial charge in [0, 0.05) is 19.7 Å². The Bertz CT molecular complexity index is 378. The van der Waals surface area contributed by atoms with E-state index >= 15 is 0 Å². The number of aromatic nitrogens is 1. The van der Waals surface area contributed by atoms with Gasteiger partial charge < -0.3 is 19.7 Å². The lowest BCUT2D eigenvalue weighted by Gasteiger charge is -2.16. The molecule has 102 valence electrons. The van der Waals surface area contributed by atoms with Crippen molar-refractivity contribution < 1.29 is 19.2 Å². The van der Waals surface area contributed by atoms with E-state index in [1.807, 2.05) is 13.8 Å². The Morgan fingerprint density at radius 1 is 1.67 bits per heavy atom. The summed E-state index contributed by atoms with van der Waals surface area (Å²) in [4.78, 5) is 11.7. The second kappa shape index (κ2) is 7.13. The van der Waals surface area contributed by atoms with E-state index in [4.69, 9.17) is 9.26 Å². The molecule has 0 bridgehead atoms. The van der Waals surface area contributed by atoms with Gasteiger partial charge in [0.1, 0.15) is 6.61 Å². The minimum absolute atomic E-state index is 0.145. The average Bonchev–Trinajstić information content (AvgIpc) is 2.83. The van der Waals surface area contributed by atoms with Crippen molar-refractivity contribution in [2.45, 2.75) is 33.0 Å². The fourth-order valence-electron chi connectivity index (χ4n) is 1.39. The number of hydrogen-bond donors (Lipinski definition) is 2. The molecule has 2 unspecified atom stereocenters. The molecule has 0 spiro atoms. The Morgan fingerprint density at radius 3 is 3.00 bits per heavy atom. The van der Waals surface area contributed by atoms with Gasteiger partial charge in [0.15, 0.2) is 11.5 Å². The zero-order chi connectivity index (χ0) is 13.5. The normalized spacial score (nSPS) is 14.2. The summed E-state index contributed by atoms with van der Waals surface area (Å²) >= 11 is 0. The van der Waals surface area contributed by atoms with Gasteiger partial charge in [-0.1, -0.05) is 25.4 Å². The minimum Gasteiger partial charge on any atom is -0.391 e. The predicted molar refractivity (Wildman–Crippen MR) is 65.0 cm³/mol. The smallest absolute Gasteiger partial charge is 0.273 e. The minimum atomic E-state index is -0.552. The number of aliphatic hydroxyl groups excluding tert-OH is 1. The number of rotatable bonds is 7. The van der Waals surface area contributed by atoms with Crippen molar-refractivity contribution in [3.8, 4) is 0 Å². The van der Waals surface area contributed by atoms with Crippen LogP contribution >= 0.6 is 0 Å². The molecule has 6 heteroatoms. The van der Waals surface area contributed by atoms with E-state index in [9.17, 15) is 9.90 Å². The van der Waals surface area contributed by atoms with Crippen LogP contribution in [-0.4, -0.2) is 35.9 Å². The lowest BCUT2D eigenvalue weighted by Crippen LogP contribution is -2.35. The van der Waals surface area contributed by atoms with Crippen LogP contribution in [0.1, 0.15) is 36.5 Å². The third kappa shape index (κ3) is 4.12. The summed E-state index contributed by atoms with van der Waals surface area (Å²) in [5.74, 6) is 0.278. The van der Waals surface area contributed by atoms with Crippen molar-refractivity contribution in [3.63, 3.8) is 0 Å². The molecule has 1 aromatic rings. The Balaban J connectivity index is 2.44. The molecule has 1 rings (SSSR count). The molecule has 0 radical (unpaired) electrons. The van der Waals surface area contributed by atoms with Crippen molar-refractivity contribution in [1.82, 2.24) is 10.5 Å². The van der Waals surface area contributed by atoms with Crippen LogP contribution in [-0.2, 0) is 11.3 Å². The first kappa shape index (κ1) is 14.7. The second-order valence-corrected chi connectivity index (χ2v) is 4.27. The molecule has 0 aliphatic rings. The highest BCUT2D eigenvalue weighted by atomic mass is 16.5. The van der Waals surface area contributed by atoms with Crippen LogP contribution in [0.4, 0.5) is 0 Å². The maximum atomic E-state index is 11.7. The largest absolute Gasteiger partial charge is 0.391 e. The molecule has 0 aliphatic heterocycles. The van der Waals surface area contributed by atoms with Gasteiger partial charge in [-0.3, -0.25) is 4.79 Å². The Hall–Kier alpha value is -1.40. The van der Waals surface area contributed by atoms with Crippen LogP contribution in [0.25, 0.3) is 0 Å². The van der Waals surface area contributed by atoms with Crippen molar-refractivity contribution in [2.24, 2.45) is 5.92 Å².